The Labute approximate surface area is 201 Å². The Morgan fingerprint density at radius 1 is 0.967 bits per heavy atom. The minimum absolute atomic E-state index is 0.0825. The molecule has 0 heterocycles. The average Bonchev–Trinajstić information content (AvgIpc) is 2.66. The molecule has 0 unspecified atom stereocenters. The number of aryl methyl sites for hydroxylation is 2. The van der Waals surface area contributed by atoms with Crippen LogP contribution in [0, 0.1) is 13.8 Å². The smallest absolute Gasteiger partial charge is 0.262 e. The molecule has 30 heavy (non-hydrogen) atoms. The molecule has 156 valence electrons. The summed E-state index contributed by atoms with van der Waals surface area (Å²) in [6.07, 6.45) is 0. The van der Waals surface area contributed by atoms with Crippen LogP contribution in [-0.2, 0) is 11.3 Å². The zero-order valence-electron chi connectivity index (χ0n) is 16.6. The summed E-state index contributed by atoms with van der Waals surface area (Å²) in [7, 11) is 0. The van der Waals surface area contributed by atoms with E-state index in [4.69, 9.17) is 4.74 Å². The number of ether oxygens (including phenoxy) is 1. The van der Waals surface area contributed by atoms with E-state index in [0.717, 1.165) is 35.9 Å². The molecule has 0 bridgehead atoms. The first-order valence-electron chi connectivity index (χ1n) is 9.29. The minimum Gasteiger partial charge on any atom is -0.481 e. The van der Waals surface area contributed by atoms with Crippen LogP contribution >= 0.6 is 47.8 Å². The fourth-order valence-corrected chi connectivity index (χ4v) is 4.92. The van der Waals surface area contributed by atoms with Gasteiger partial charge in [-0.05, 0) is 105 Å². The lowest BCUT2D eigenvalue weighted by molar-refractivity contribution is -0.118. The van der Waals surface area contributed by atoms with Crippen LogP contribution in [-0.4, -0.2) is 12.5 Å². The second kappa shape index (κ2) is 10.5. The first-order valence-corrected chi connectivity index (χ1v) is 11.7. The molecule has 1 amide bonds. The summed E-state index contributed by atoms with van der Waals surface area (Å²) in [5.74, 6) is 0.383. The Balaban J connectivity index is 1.60. The van der Waals surface area contributed by atoms with Gasteiger partial charge in [-0.2, -0.15) is 0 Å². The maximum absolute atomic E-state index is 12.2. The van der Waals surface area contributed by atoms with Crippen molar-refractivity contribution in [2.75, 3.05) is 17.2 Å². The second-order valence-electron chi connectivity index (χ2n) is 6.91. The number of rotatable bonds is 7. The Hall–Kier alpha value is -1.83. The molecule has 4 nitrogen and oxygen atoms in total. The molecule has 3 aromatic rings. The van der Waals surface area contributed by atoms with Crippen LogP contribution < -0.4 is 15.4 Å². The molecule has 0 aromatic heterocycles. The standard InChI is InChI=1S/C23H21Br3N2O2/c1-14-4-3-5-18(8-14)28-22(29)13-30-23-19(25)10-16(11-20(23)26)12-27-21-7-6-17(24)9-15(21)2/h3-11,27H,12-13H2,1-2H3,(H,28,29). The number of nitrogens with one attached hydrogen (secondary N) is 2. The van der Waals surface area contributed by atoms with Gasteiger partial charge < -0.3 is 15.4 Å². The summed E-state index contributed by atoms with van der Waals surface area (Å²) >= 11 is 10.6. The molecule has 0 saturated heterocycles. The molecular weight excluding hydrogens is 576 g/mol. The predicted octanol–water partition coefficient (Wildman–Crippen LogP) is 7.22. The molecule has 0 spiro atoms. The molecule has 3 rings (SSSR count). The van der Waals surface area contributed by atoms with E-state index in [9.17, 15) is 4.79 Å². The normalized spacial score (nSPS) is 10.6. The van der Waals surface area contributed by atoms with Gasteiger partial charge in [-0.3, -0.25) is 4.79 Å². The van der Waals surface area contributed by atoms with Crippen LogP contribution in [0.2, 0.25) is 0 Å². The maximum Gasteiger partial charge on any atom is 0.262 e. The number of amides is 1. The molecule has 0 aliphatic heterocycles. The lowest BCUT2D eigenvalue weighted by Gasteiger charge is -2.14. The van der Waals surface area contributed by atoms with Gasteiger partial charge in [-0.1, -0.05) is 28.1 Å². The van der Waals surface area contributed by atoms with Gasteiger partial charge in [0, 0.05) is 22.4 Å². The monoisotopic (exact) mass is 594 g/mol. The van der Waals surface area contributed by atoms with Crippen LogP contribution in [0.3, 0.4) is 0 Å². The van der Waals surface area contributed by atoms with Crippen molar-refractivity contribution in [1.29, 1.82) is 0 Å². The highest BCUT2D eigenvalue weighted by molar-refractivity contribution is 9.11. The Kier molecular flexibility index (Phi) is 7.97. The third kappa shape index (κ3) is 6.33. The van der Waals surface area contributed by atoms with E-state index in [0.29, 0.717) is 12.3 Å². The molecule has 0 radical (unpaired) electrons. The average molecular weight is 597 g/mol. The quantitative estimate of drug-likeness (QED) is 0.303. The van der Waals surface area contributed by atoms with Crippen molar-refractivity contribution < 1.29 is 9.53 Å². The summed E-state index contributed by atoms with van der Waals surface area (Å²) < 4.78 is 8.37. The third-order valence-corrected chi connectivity index (χ3v) is 6.05. The van der Waals surface area contributed by atoms with Crippen molar-refractivity contribution in [3.8, 4) is 5.75 Å². The highest BCUT2D eigenvalue weighted by Crippen LogP contribution is 2.35. The Bertz CT molecular complexity index is 1050. The summed E-state index contributed by atoms with van der Waals surface area (Å²) in [5.41, 5.74) is 5.17. The SMILES string of the molecule is Cc1cccc(NC(=O)COc2c(Br)cc(CNc3ccc(Br)cc3C)cc2Br)c1. The molecule has 0 saturated carbocycles. The fourth-order valence-electron chi connectivity index (χ4n) is 2.93. The van der Waals surface area contributed by atoms with Gasteiger partial charge in [0.05, 0.1) is 8.95 Å². The van der Waals surface area contributed by atoms with Gasteiger partial charge >= 0.3 is 0 Å². The largest absolute Gasteiger partial charge is 0.481 e. The molecule has 0 atom stereocenters. The van der Waals surface area contributed by atoms with Crippen molar-refractivity contribution in [3.05, 3.63) is 84.7 Å². The molecular formula is C23H21Br3N2O2. The summed E-state index contributed by atoms with van der Waals surface area (Å²) in [6, 6.07) is 17.8. The first-order chi connectivity index (χ1) is 14.3. The van der Waals surface area contributed by atoms with Crippen LogP contribution in [0.1, 0.15) is 16.7 Å². The topological polar surface area (TPSA) is 50.4 Å². The molecule has 0 aliphatic rings. The van der Waals surface area contributed by atoms with Crippen LogP contribution in [0.5, 0.6) is 5.75 Å². The molecule has 7 heteroatoms. The lowest BCUT2D eigenvalue weighted by Crippen LogP contribution is -2.20. The van der Waals surface area contributed by atoms with Crippen molar-refractivity contribution in [3.63, 3.8) is 0 Å². The van der Waals surface area contributed by atoms with Crippen LogP contribution in [0.15, 0.2) is 68.0 Å². The predicted molar refractivity (Wildman–Crippen MR) is 133 cm³/mol. The van der Waals surface area contributed by atoms with E-state index >= 15 is 0 Å². The highest BCUT2D eigenvalue weighted by atomic mass is 79.9. The van der Waals surface area contributed by atoms with Crippen LogP contribution in [0.25, 0.3) is 0 Å². The van der Waals surface area contributed by atoms with E-state index in [1.807, 2.05) is 55.5 Å². The summed E-state index contributed by atoms with van der Waals surface area (Å²) in [6.45, 7) is 4.63. The lowest BCUT2D eigenvalue weighted by atomic mass is 10.1. The molecule has 3 aromatic carbocycles. The minimum atomic E-state index is -0.212. The van der Waals surface area contributed by atoms with Crippen LogP contribution in [0.4, 0.5) is 11.4 Å². The Morgan fingerprint density at radius 3 is 2.37 bits per heavy atom. The number of hydrogen-bond acceptors (Lipinski definition) is 3. The highest BCUT2D eigenvalue weighted by Gasteiger charge is 2.12. The van der Waals surface area contributed by atoms with Gasteiger partial charge in [0.2, 0.25) is 0 Å². The van der Waals surface area contributed by atoms with Crippen molar-refractivity contribution in [1.82, 2.24) is 0 Å². The Morgan fingerprint density at radius 2 is 1.70 bits per heavy atom. The molecule has 0 aliphatic carbocycles. The number of hydrogen-bond donors (Lipinski definition) is 2. The van der Waals surface area contributed by atoms with Gasteiger partial charge in [0.25, 0.3) is 5.91 Å². The first kappa shape index (κ1) is 22.8. The van der Waals surface area contributed by atoms with E-state index in [1.54, 1.807) is 0 Å². The number of carbonyl (C=O) groups is 1. The van der Waals surface area contributed by atoms with E-state index in [2.05, 4.69) is 71.4 Å². The fraction of sp³-hybridized carbons (Fsp3) is 0.174. The van der Waals surface area contributed by atoms with E-state index in [1.165, 1.54) is 5.56 Å². The van der Waals surface area contributed by atoms with Crippen molar-refractivity contribution in [2.45, 2.75) is 20.4 Å². The summed E-state index contributed by atoms with van der Waals surface area (Å²) in [4.78, 5) is 12.2. The molecule has 2 N–H and O–H groups in total. The van der Waals surface area contributed by atoms with E-state index < -0.39 is 0 Å². The zero-order valence-corrected chi connectivity index (χ0v) is 21.3. The molecule has 0 fully saturated rings. The van der Waals surface area contributed by atoms with Gasteiger partial charge in [-0.25, -0.2) is 0 Å². The van der Waals surface area contributed by atoms with Gasteiger partial charge in [-0.15, -0.1) is 0 Å². The number of halogens is 3. The number of carbonyl (C=O) groups excluding carboxylic acids is 1. The van der Waals surface area contributed by atoms with E-state index in [-0.39, 0.29) is 12.5 Å². The van der Waals surface area contributed by atoms with Crippen molar-refractivity contribution >= 4 is 65.1 Å². The third-order valence-electron chi connectivity index (χ3n) is 4.38. The van der Waals surface area contributed by atoms with Gasteiger partial charge in [0.1, 0.15) is 5.75 Å². The van der Waals surface area contributed by atoms with Gasteiger partial charge in [0.15, 0.2) is 6.61 Å². The summed E-state index contributed by atoms with van der Waals surface area (Å²) in [5, 5.41) is 6.29. The van der Waals surface area contributed by atoms with Crippen molar-refractivity contribution in [2.24, 2.45) is 0 Å². The maximum atomic E-state index is 12.2. The number of benzene rings is 3. The number of anilines is 2. The second-order valence-corrected chi connectivity index (χ2v) is 9.53. The zero-order chi connectivity index (χ0) is 21.7.